The third-order valence-electron chi connectivity index (χ3n) is 4.31. The van der Waals surface area contributed by atoms with E-state index >= 15 is 0 Å². The van der Waals surface area contributed by atoms with Crippen LogP contribution in [0.1, 0.15) is 13.8 Å². The van der Waals surface area contributed by atoms with Gasteiger partial charge in [0.2, 0.25) is 21.8 Å². The smallest absolute Gasteiger partial charge is 0.277 e. The van der Waals surface area contributed by atoms with Crippen molar-refractivity contribution in [3.63, 3.8) is 0 Å². The van der Waals surface area contributed by atoms with Crippen LogP contribution < -0.4 is 5.32 Å². The van der Waals surface area contributed by atoms with E-state index in [9.17, 15) is 13.2 Å². The van der Waals surface area contributed by atoms with E-state index in [4.69, 9.17) is 16.0 Å². The summed E-state index contributed by atoms with van der Waals surface area (Å²) < 4.78 is 32.0. The Morgan fingerprint density at radius 1 is 1.06 bits per heavy atom. The summed E-state index contributed by atoms with van der Waals surface area (Å²) in [5, 5.41) is 11.5. The second-order valence-corrected chi connectivity index (χ2v) is 9.63. The summed E-state index contributed by atoms with van der Waals surface area (Å²) in [4.78, 5) is 12.4. The number of rotatable bonds is 9. The summed E-state index contributed by atoms with van der Waals surface area (Å²) in [6.45, 7) is 4.36. The predicted molar refractivity (Wildman–Crippen MR) is 121 cm³/mol. The Morgan fingerprint density at radius 2 is 1.71 bits per heavy atom. The Bertz CT molecular complexity index is 1130. The number of carbonyl (C=O) groups is 1. The lowest BCUT2D eigenvalue weighted by Crippen LogP contribution is -2.30. The van der Waals surface area contributed by atoms with Crippen molar-refractivity contribution >= 4 is 45.0 Å². The zero-order valence-corrected chi connectivity index (χ0v) is 19.3. The molecule has 0 aliphatic heterocycles. The number of hydrogen-bond acceptors (Lipinski definition) is 7. The molecule has 1 aromatic heterocycles. The molecule has 3 aromatic rings. The highest BCUT2D eigenvalue weighted by Gasteiger charge is 2.21. The van der Waals surface area contributed by atoms with Gasteiger partial charge in [0, 0.05) is 29.4 Å². The second-order valence-electron chi connectivity index (χ2n) is 6.33. The minimum Gasteiger partial charge on any atom is -0.411 e. The molecule has 3 rings (SSSR count). The third-order valence-corrected chi connectivity index (χ3v) is 7.44. The van der Waals surface area contributed by atoms with E-state index in [1.807, 2.05) is 0 Å². The Hall–Kier alpha value is -2.40. The minimum atomic E-state index is -3.53. The summed E-state index contributed by atoms with van der Waals surface area (Å²) >= 11 is 6.97. The lowest BCUT2D eigenvalue weighted by atomic mass is 10.2. The standard InChI is InChI=1S/C20H21ClN4O4S2/c1-3-25(4-2)31(27,28)17-11-9-16(10-12-17)22-18(26)13-30-20-24-23-19(29-20)14-5-7-15(21)8-6-14/h5-12H,3-4,13H2,1-2H3,(H,22,26). The highest BCUT2D eigenvalue weighted by Crippen LogP contribution is 2.24. The number of benzene rings is 2. The molecule has 0 aliphatic rings. The van der Waals surface area contributed by atoms with Crippen molar-refractivity contribution in [2.24, 2.45) is 0 Å². The number of amides is 1. The molecule has 31 heavy (non-hydrogen) atoms. The molecule has 0 spiro atoms. The molecular formula is C20H21ClN4O4S2. The van der Waals surface area contributed by atoms with Crippen LogP contribution in [0.4, 0.5) is 5.69 Å². The fourth-order valence-corrected chi connectivity index (χ4v) is 4.87. The predicted octanol–water partition coefficient (Wildman–Crippen LogP) is 4.15. The van der Waals surface area contributed by atoms with E-state index < -0.39 is 10.0 Å². The first-order chi connectivity index (χ1) is 14.8. The molecule has 0 saturated heterocycles. The van der Waals surface area contributed by atoms with E-state index in [-0.39, 0.29) is 21.8 Å². The van der Waals surface area contributed by atoms with Crippen molar-refractivity contribution in [1.29, 1.82) is 0 Å². The van der Waals surface area contributed by atoms with Gasteiger partial charge in [-0.05, 0) is 48.5 Å². The monoisotopic (exact) mass is 480 g/mol. The first-order valence-electron chi connectivity index (χ1n) is 9.45. The van der Waals surface area contributed by atoms with Crippen LogP contribution in [0, 0.1) is 0 Å². The number of aromatic nitrogens is 2. The average molecular weight is 481 g/mol. The van der Waals surface area contributed by atoms with Gasteiger partial charge >= 0.3 is 0 Å². The molecule has 11 heteroatoms. The second kappa shape index (κ2) is 10.3. The number of nitrogens with zero attached hydrogens (tertiary/aromatic N) is 3. The minimum absolute atomic E-state index is 0.0573. The largest absolute Gasteiger partial charge is 0.411 e. The molecule has 0 bridgehead atoms. The summed E-state index contributed by atoms with van der Waals surface area (Å²) in [6.07, 6.45) is 0. The number of thioether (sulfide) groups is 1. The number of sulfonamides is 1. The van der Waals surface area contributed by atoms with Gasteiger partial charge in [-0.25, -0.2) is 8.42 Å². The summed E-state index contributed by atoms with van der Waals surface area (Å²) in [6, 6.07) is 13.1. The van der Waals surface area contributed by atoms with E-state index in [0.717, 1.165) is 17.3 Å². The van der Waals surface area contributed by atoms with Gasteiger partial charge < -0.3 is 9.73 Å². The Morgan fingerprint density at radius 3 is 2.32 bits per heavy atom. The molecule has 8 nitrogen and oxygen atoms in total. The zero-order chi connectivity index (χ0) is 22.4. The molecule has 2 aromatic carbocycles. The molecule has 0 aliphatic carbocycles. The van der Waals surface area contributed by atoms with Gasteiger partial charge in [0.1, 0.15) is 0 Å². The van der Waals surface area contributed by atoms with Gasteiger partial charge in [0.05, 0.1) is 10.6 Å². The lowest BCUT2D eigenvalue weighted by Gasteiger charge is -2.18. The molecular weight excluding hydrogens is 460 g/mol. The molecule has 0 radical (unpaired) electrons. The van der Waals surface area contributed by atoms with Crippen LogP contribution in [-0.2, 0) is 14.8 Å². The average Bonchev–Trinajstić information content (AvgIpc) is 3.23. The Balaban J connectivity index is 1.56. The van der Waals surface area contributed by atoms with E-state index in [1.165, 1.54) is 16.4 Å². The van der Waals surface area contributed by atoms with Crippen molar-refractivity contribution in [3.8, 4) is 11.5 Å². The zero-order valence-electron chi connectivity index (χ0n) is 16.9. The number of nitrogens with one attached hydrogen (secondary N) is 1. The van der Waals surface area contributed by atoms with Crippen molar-refractivity contribution in [2.75, 3.05) is 24.2 Å². The van der Waals surface area contributed by atoms with E-state index in [0.29, 0.717) is 29.7 Å². The maximum Gasteiger partial charge on any atom is 0.277 e. The van der Waals surface area contributed by atoms with Crippen LogP contribution in [0.5, 0.6) is 0 Å². The van der Waals surface area contributed by atoms with E-state index in [2.05, 4.69) is 15.5 Å². The molecule has 0 fully saturated rings. The molecule has 1 heterocycles. The molecule has 164 valence electrons. The molecule has 0 atom stereocenters. The Labute approximate surface area is 190 Å². The fourth-order valence-electron chi connectivity index (χ4n) is 2.72. The highest BCUT2D eigenvalue weighted by atomic mass is 35.5. The van der Waals surface area contributed by atoms with Gasteiger partial charge in [-0.3, -0.25) is 4.79 Å². The van der Waals surface area contributed by atoms with Crippen LogP contribution in [0.25, 0.3) is 11.5 Å². The maximum atomic E-state index is 12.5. The van der Waals surface area contributed by atoms with Crippen LogP contribution in [0.2, 0.25) is 5.02 Å². The fraction of sp³-hybridized carbons (Fsp3) is 0.250. The normalized spacial score (nSPS) is 11.6. The number of anilines is 1. The lowest BCUT2D eigenvalue weighted by molar-refractivity contribution is -0.113. The summed E-state index contributed by atoms with van der Waals surface area (Å²) in [7, 11) is -3.53. The van der Waals surface area contributed by atoms with Gasteiger partial charge in [-0.1, -0.05) is 37.2 Å². The van der Waals surface area contributed by atoms with Crippen LogP contribution >= 0.6 is 23.4 Å². The summed E-state index contributed by atoms with van der Waals surface area (Å²) in [5.74, 6) is 0.113. The van der Waals surface area contributed by atoms with Crippen molar-refractivity contribution in [3.05, 3.63) is 53.6 Å². The van der Waals surface area contributed by atoms with Gasteiger partial charge in [-0.15, -0.1) is 10.2 Å². The number of halogens is 1. The van der Waals surface area contributed by atoms with Crippen LogP contribution in [-0.4, -0.2) is 47.7 Å². The van der Waals surface area contributed by atoms with Crippen LogP contribution in [0.3, 0.4) is 0 Å². The quantitative estimate of drug-likeness (QED) is 0.458. The molecule has 0 saturated carbocycles. The van der Waals surface area contributed by atoms with Gasteiger partial charge in [-0.2, -0.15) is 4.31 Å². The molecule has 0 unspecified atom stereocenters. The first-order valence-corrected chi connectivity index (χ1v) is 12.3. The summed E-state index contributed by atoms with van der Waals surface area (Å²) in [5.41, 5.74) is 1.23. The first kappa shape index (κ1) is 23.3. The van der Waals surface area contributed by atoms with Crippen molar-refractivity contribution < 1.29 is 17.6 Å². The molecule has 1 amide bonds. The van der Waals surface area contributed by atoms with Crippen LogP contribution in [0.15, 0.2) is 63.1 Å². The topological polar surface area (TPSA) is 105 Å². The van der Waals surface area contributed by atoms with Crippen molar-refractivity contribution in [2.45, 2.75) is 24.0 Å². The molecule has 1 N–H and O–H groups in total. The van der Waals surface area contributed by atoms with E-state index in [1.54, 1.807) is 50.2 Å². The SMILES string of the molecule is CCN(CC)S(=O)(=O)c1ccc(NC(=O)CSc2nnc(-c3ccc(Cl)cc3)o2)cc1. The number of hydrogen-bond donors (Lipinski definition) is 1. The van der Waals surface area contributed by atoms with Crippen molar-refractivity contribution in [1.82, 2.24) is 14.5 Å². The van der Waals surface area contributed by atoms with Gasteiger partial charge in [0.25, 0.3) is 5.22 Å². The highest BCUT2D eigenvalue weighted by molar-refractivity contribution is 7.99. The van der Waals surface area contributed by atoms with Gasteiger partial charge in [0.15, 0.2) is 0 Å². The number of carbonyl (C=O) groups excluding carboxylic acids is 1. The third kappa shape index (κ3) is 5.85. The Kier molecular flexibility index (Phi) is 7.71. The maximum absolute atomic E-state index is 12.5.